The lowest BCUT2D eigenvalue weighted by atomic mass is 9.98. The van der Waals surface area contributed by atoms with Crippen LogP contribution in [0.1, 0.15) is 16.7 Å². The SMILES string of the molecule is Cn1c(NCc2ccc(Oc3ccc(C(F)(F)F)cn3)cc2F)nc2ccc(CC3COC3)cc21. The summed E-state index contributed by atoms with van der Waals surface area (Å²) in [5.41, 5.74) is 2.55. The highest BCUT2D eigenvalue weighted by Crippen LogP contribution is 2.30. The molecule has 2 aromatic carbocycles. The third kappa shape index (κ3) is 5.07. The molecule has 1 aliphatic heterocycles. The maximum absolute atomic E-state index is 14.7. The van der Waals surface area contributed by atoms with Crippen LogP contribution in [0, 0.1) is 11.7 Å². The van der Waals surface area contributed by atoms with Crippen LogP contribution in [0.3, 0.4) is 0 Å². The van der Waals surface area contributed by atoms with Gasteiger partial charge in [0.2, 0.25) is 11.8 Å². The normalized spacial score (nSPS) is 14.2. The maximum atomic E-state index is 14.7. The number of aromatic nitrogens is 3. The van der Waals surface area contributed by atoms with Gasteiger partial charge in [-0.25, -0.2) is 14.4 Å². The fourth-order valence-electron chi connectivity index (χ4n) is 3.89. The van der Waals surface area contributed by atoms with E-state index in [4.69, 9.17) is 9.47 Å². The molecule has 0 atom stereocenters. The number of hydrogen-bond acceptors (Lipinski definition) is 5. The predicted octanol–water partition coefficient (Wildman–Crippen LogP) is 5.72. The summed E-state index contributed by atoms with van der Waals surface area (Å²) < 4.78 is 65.2. The Kier molecular flexibility index (Phi) is 6.06. The summed E-state index contributed by atoms with van der Waals surface area (Å²) in [7, 11) is 1.90. The molecule has 0 amide bonds. The number of alkyl halides is 3. The zero-order valence-electron chi connectivity index (χ0n) is 18.8. The fourth-order valence-corrected chi connectivity index (χ4v) is 3.89. The van der Waals surface area contributed by atoms with Crippen LogP contribution in [0.5, 0.6) is 11.6 Å². The lowest BCUT2D eigenvalue weighted by molar-refractivity contribution is -0.137. The van der Waals surface area contributed by atoms with Gasteiger partial charge in [0.15, 0.2) is 0 Å². The van der Waals surface area contributed by atoms with Gasteiger partial charge in [0.1, 0.15) is 11.6 Å². The minimum atomic E-state index is -4.49. The molecule has 1 N–H and O–H groups in total. The molecule has 3 heterocycles. The van der Waals surface area contributed by atoms with E-state index in [-0.39, 0.29) is 18.2 Å². The quantitative estimate of drug-likeness (QED) is 0.339. The van der Waals surface area contributed by atoms with E-state index in [0.29, 0.717) is 23.6 Å². The number of nitrogens with zero attached hydrogens (tertiary/aromatic N) is 3. The molecule has 1 aliphatic rings. The molecule has 0 aliphatic carbocycles. The zero-order chi connectivity index (χ0) is 24.6. The van der Waals surface area contributed by atoms with Crippen molar-refractivity contribution in [1.29, 1.82) is 0 Å². The van der Waals surface area contributed by atoms with Gasteiger partial charge in [-0.05, 0) is 36.2 Å². The van der Waals surface area contributed by atoms with Crippen LogP contribution >= 0.6 is 0 Å². The van der Waals surface area contributed by atoms with Crippen LogP contribution in [0.2, 0.25) is 0 Å². The molecule has 0 spiro atoms. The summed E-state index contributed by atoms with van der Waals surface area (Å²) in [5.74, 6) is 0.713. The number of rotatable bonds is 7. The van der Waals surface area contributed by atoms with E-state index in [1.54, 1.807) is 6.07 Å². The van der Waals surface area contributed by atoms with Gasteiger partial charge in [-0.1, -0.05) is 12.1 Å². The Morgan fingerprint density at radius 2 is 1.94 bits per heavy atom. The van der Waals surface area contributed by atoms with Crippen LogP contribution in [0.15, 0.2) is 54.7 Å². The van der Waals surface area contributed by atoms with Gasteiger partial charge >= 0.3 is 6.18 Å². The molecule has 0 bridgehead atoms. The van der Waals surface area contributed by atoms with E-state index < -0.39 is 17.6 Å². The summed E-state index contributed by atoms with van der Waals surface area (Å²) in [6.45, 7) is 1.78. The first-order valence-electron chi connectivity index (χ1n) is 11.0. The third-order valence-corrected chi connectivity index (χ3v) is 5.92. The highest BCUT2D eigenvalue weighted by atomic mass is 19.4. The Balaban J connectivity index is 1.24. The Labute approximate surface area is 198 Å². The minimum absolute atomic E-state index is 0.0628. The van der Waals surface area contributed by atoms with Gasteiger partial charge in [0, 0.05) is 43.4 Å². The van der Waals surface area contributed by atoms with Gasteiger partial charge < -0.3 is 19.4 Å². The second-order valence-corrected chi connectivity index (χ2v) is 8.52. The molecule has 2 aromatic heterocycles. The summed E-state index contributed by atoms with van der Waals surface area (Å²) >= 11 is 0. The number of pyridine rings is 1. The average Bonchev–Trinajstić information content (AvgIpc) is 3.10. The first-order valence-corrected chi connectivity index (χ1v) is 11.0. The molecule has 1 fully saturated rings. The number of hydrogen-bond donors (Lipinski definition) is 1. The lowest BCUT2D eigenvalue weighted by Crippen LogP contribution is -2.29. The number of nitrogens with one attached hydrogen (secondary N) is 1. The van der Waals surface area contributed by atoms with Crippen molar-refractivity contribution in [2.75, 3.05) is 18.5 Å². The number of halogens is 4. The topological polar surface area (TPSA) is 61.2 Å². The molecule has 0 unspecified atom stereocenters. The van der Waals surface area contributed by atoms with Crippen LogP contribution in [-0.2, 0) is 30.9 Å². The van der Waals surface area contributed by atoms with E-state index >= 15 is 0 Å². The second kappa shape index (κ2) is 9.18. The van der Waals surface area contributed by atoms with Gasteiger partial charge in [0.25, 0.3) is 0 Å². The molecule has 4 aromatic rings. The van der Waals surface area contributed by atoms with Crippen LogP contribution < -0.4 is 10.1 Å². The molecule has 0 radical (unpaired) electrons. The molecule has 5 rings (SSSR count). The van der Waals surface area contributed by atoms with Crippen molar-refractivity contribution in [3.05, 3.63) is 77.2 Å². The third-order valence-electron chi connectivity index (χ3n) is 5.92. The molecule has 0 saturated carbocycles. The van der Waals surface area contributed by atoms with Crippen molar-refractivity contribution >= 4 is 17.0 Å². The number of fused-ring (bicyclic) bond motifs is 1. The maximum Gasteiger partial charge on any atom is 0.417 e. The summed E-state index contributed by atoms with van der Waals surface area (Å²) in [5, 5.41) is 3.16. The molecule has 10 heteroatoms. The predicted molar refractivity (Wildman–Crippen MR) is 122 cm³/mol. The molecule has 1 saturated heterocycles. The number of imidazole rings is 1. The van der Waals surface area contributed by atoms with Gasteiger partial charge in [-0.3, -0.25) is 0 Å². The minimum Gasteiger partial charge on any atom is -0.439 e. The second-order valence-electron chi connectivity index (χ2n) is 8.52. The zero-order valence-corrected chi connectivity index (χ0v) is 18.8. The van der Waals surface area contributed by atoms with E-state index in [1.165, 1.54) is 17.7 Å². The molecular formula is C25H22F4N4O2. The Bertz CT molecular complexity index is 1350. The van der Waals surface area contributed by atoms with Gasteiger partial charge in [0.05, 0.1) is 29.8 Å². The van der Waals surface area contributed by atoms with Crippen LogP contribution in [-0.4, -0.2) is 27.7 Å². The molecular weight excluding hydrogens is 464 g/mol. The van der Waals surface area contributed by atoms with E-state index in [1.807, 2.05) is 17.7 Å². The highest BCUT2D eigenvalue weighted by molar-refractivity contribution is 5.79. The number of ether oxygens (including phenoxy) is 2. The van der Waals surface area contributed by atoms with Crippen molar-refractivity contribution in [3.63, 3.8) is 0 Å². The van der Waals surface area contributed by atoms with E-state index in [2.05, 4.69) is 27.4 Å². The fraction of sp³-hybridized carbons (Fsp3) is 0.280. The van der Waals surface area contributed by atoms with Gasteiger partial charge in [-0.15, -0.1) is 0 Å². The van der Waals surface area contributed by atoms with Crippen molar-refractivity contribution in [1.82, 2.24) is 14.5 Å². The number of anilines is 1. The van der Waals surface area contributed by atoms with Crippen molar-refractivity contribution in [2.45, 2.75) is 19.1 Å². The summed E-state index contributed by atoms with van der Waals surface area (Å²) in [6.07, 6.45) is -2.85. The van der Waals surface area contributed by atoms with Crippen molar-refractivity contribution < 1.29 is 27.0 Å². The van der Waals surface area contributed by atoms with E-state index in [9.17, 15) is 17.6 Å². The standard InChI is InChI=1S/C25H22F4N4O2/c1-33-22-9-15(8-16-13-34-14-16)2-6-21(22)32-24(33)31-11-17-3-5-19(10-20(17)26)35-23-7-4-18(12-30-23)25(27,28)29/h2-7,9-10,12,16H,8,11,13-14H2,1H3,(H,31,32). The summed E-state index contributed by atoms with van der Waals surface area (Å²) in [4.78, 5) is 8.24. The Hall–Kier alpha value is -3.66. The number of aryl methyl sites for hydroxylation is 1. The lowest BCUT2D eigenvalue weighted by Gasteiger charge is -2.25. The van der Waals surface area contributed by atoms with Crippen LogP contribution in [0.4, 0.5) is 23.5 Å². The van der Waals surface area contributed by atoms with Gasteiger partial charge in [-0.2, -0.15) is 13.2 Å². The van der Waals surface area contributed by atoms with Crippen molar-refractivity contribution in [3.8, 4) is 11.6 Å². The molecule has 6 nitrogen and oxygen atoms in total. The molecule has 182 valence electrons. The first-order chi connectivity index (χ1) is 16.8. The molecule has 35 heavy (non-hydrogen) atoms. The van der Waals surface area contributed by atoms with Crippen molar-refractivity contribution in [2.24, 2.45) is 13.0 Å². The largest absolute Gasteiger partial charge is 0.439 e. The van der Waals surface area contributed by atoms with Crippen LogP contribution in [0.25, 0.3) is 11.0 Å². The Morgan fingerprint density at radius 1 is 1.11 bits per heavy atom. The number of benzene rings is 2. The Morgan fingerprint density at radius 3 is 2.60 bits per heavy atom. The average molecular weight is 486 g/mol. The summed E-state index contributed by atoms with van der Waals surface area (Å²) in [6, 6.07) is 12.4. The highest BCUT2D eigenvalue weighted by Gasteiger charge is 2.30. The first kappa shape index (κ1) is 23.1. The monoisotopic (exact) mass is 486 g/mol. The smallest absolute Gasteiger partial charge is 0.417 e. The van der Waals surface area contributed by atoms with E-state index in [0.717, 1.165) is 42.8 Å².